The third kappa shape index (κ3) is 3.04. The van der Waals surface area contributed by atoms with Gasteiger partial charge in [-0.1, -0.05) is 20.8 Å². The van der Waals surface area contributed by atoms with Crippen molar-refractivity contribution in [1.29, 1.82) is 0 Å². The molecule has 1 aromatic rings. The minimum absolute atomic E-state index is 0.138. The van der Waals surface area contributed by atoms with E-state index in [0.717, 1.165) is 17.3 Å². The zero-order valence-electron chi connectivity index (χ0n) is 8.66. The Balaban J connectivity index is 2.60. The number of hydrogen-bond acceptors (Lipinski definition) is 4. The van der Waals surface area contributed by atoms with Gasteiger partial charge in [0.25, 0.3) is 0 Å². The Morgan fingerprint density at radius 3 is 2.46 bits per heavy atom. The molecular formula is C9H17N3S. The van der Waals surface area contributed by atoms with Crippen molar-refractivity contribution >= 4 is 11.5 Å². The highest BCUT2D eigenvalue weighted by Gasteiger charge is 2.21. The Morgan fingerprint density at radius 2 is 2.08 bits per heavy atom. The zero-order chi connectivity index (χ0) is 10.1. The average Bonchev–Trinajstić information content (AvgIpc) is 2.33. The van der Waals surface area contributed by atoms with E-state index >= 15 is 0 Å². The van der Waals surface area contributed by atoms with E-state index in [1.807, 2.05) is 6.92 Å². The second kappa shape index (κ2) is 3.72. The summed E-state index contributed by atoms with van der Waals surface area (Å²) < 4.78 is 4.13. The molecule has 1 atom stereocenters. The van der Waals surface area contributed by atoms with Crippen molar-refractivity contribution in [3.63, 3.8) is 0 Å². The summed E-state index contributed by atoms with van der Waals surface area (Å²) in [5, 5.41) is 1.04. The molecule has 0 radical (unpaired) electrons. The van der Waals surface area contributed by atoms with Gasteiger partial charge in [-0.25, -0.2) is 4.98 Å². The van der Waals surface area contributed by atoms with Crippen LogP contribution in [0.3, 0.4) is 0 Å². The largest absolute Gasteiger partial charge is 0.327 e. The van der Waals surface area contributed by atoms with E-state index in [-0.39, 0.29) is 11.5 Å². The molecule has 13 heavy (non-hydrogen) atoms. The van der Waals surface area contributed by atoms with Crippen molar-refractivity contribution in [2.45, 2.75) is 40.2 Å². The van der Waals surface area contributed by atoms with Gasteiger partial charge >= 0.3 is 0 Å². The number of aromatic nitrogens is 2. The van der Waals surface area contributed by atoms with E-state index in [4.69, 9.17) is 5.73 Å². The van der Waals surface area contributed by atoms with Gasteiger partial charge in [-0.2, -0.15) is 4.37 Å². The molecule has 0 saturated carbocycles. The quantitative estimate of drug-likeness (QED) is 0.789. The standard InChI is InChI=1S/C9H17N3S/c1-6-11-8(13-12-6)5-7(10)9(2,3)4/h7H,5,10H2,1-4H3. The predicted octanol–water partition coefficient (Wildman–Crippen LogP) is 1.76. The summed E-state index contributed by atoms with van der Waals surface area (Å²) in [4.78, 5) is 4.29. The minimum Gasteiger partial charge on any atom is -0.327 e. The molecule has 1 rings (SSSR count). The van der Waals surface area contributed by atoms with E-state index < -0.39 is 0 Å². The van der Waals surface area contributed by atoms with Crippen LogP contribution >= 0.6 is 11.5 Å². The number of rotatable bonds is 2. The van der Waals surface area contributed by atoms with Crippen LogP contribution in [-0.2, 0) is 6.42 Å². The summed E-state index contributed by atoms with van der Waals surface area (Å²) in [6.45, 7) is 8.34. The highest BCUT2D eigenvalue weighted by Crippen LogP contribution is 2.21. The minimum atomic E-state index is 0.138. The Morgan fingerprint density at radius 1 is 1.46 bits per heavy atom. The van der Waals surface area contributed by atoms with Crippen LogP contribution in [0.5, 0.6) is 0 Å². The highest BCUT2D eigenvalue weighted by atomic mass is 32.1. The van der Waals surface area contributed by atoms with Crippen molar-refractivity contribution in [2.75, 3.05) is 0 Å². The Kier molecular flexibility index (Phi) is 3.03. The molecule has 0 saturated heterocycles. The van der Waals surface area contributed by atoms with Gasteiger partial charge in [-0.15, -0.1) is 0 Å². The lowest BCUT2D eigenvalue weighted by atomic mass is 9.86. The lowest BCUT2D eigenvalue weighted by molar-refractivity contribution is 0.318. The molecule has 1 heterocycles. The van der Waals surface area contributed by atoms with Gasteiger partial charge in [0.05, 0.1) is 0 Å². The van der Waals surface area contributed by atoms with Crippen LogP contribution in [0, 0.1) is 12.3 Å². The van der Waals surface area contributed by atoms with Crippen LogP contribution in [0.1, 0.15) is 31.6 Å². The highest BCUT2D eigenvalue weighted by molar-refractivity contribution is 7.05. The molecule has 74 valence electrons. The average molecular weight is 199 g/mol. The van der Waals surface area contributed by atoms with Gasteiger partial charge in [-0.05, 0) is 23.9 Å². The van der Waals surface area contributed by atoms with Crippen LogP contribution in [0.2, 0.25) is 0 Å². The lowest BCUT2D eigenvalue weighted by Gasteiger charge is -2.25. The maximum absolute atomic E-state index is 6.03. The second-order valence-corrected chi connectivity index (χ2v) is 5.25. The summed E-state index contributed by atoms with van der Waals surface area (Å²) in [7, 11) is 0. The maximum atomic E-state index is 6.03. The molecule has 0 aliphatic carbocycles. The van der Waals surface area contributed by atoms with Crippen LogP contribution in [0.4, 0.5) is 0 Å². The van der Waals surface area contributed by atoms with Gasteiger partial charge in [0.2, 0.25) is 0 Å². The molecule has 0 spiro atoms. The molecule has 0 fully saturated rings. The van der Waals surface area contributed by atoms with E-state index in [1.54, 1.807) is 0 Å². The molecule has 0 aliphatic rings. The molecule has 0 aliphatic heterocycles. The third-order valence-corrected chi connectivity index (χ3v) is 2.90. The van der Waals surface area contributed by atoms with Crippen molar-refractivity contribution < 1.29 is 0 Å². The molecule has 2 N–H and O–H groups in total. The molecular weight excluding hydrogens is 182 g/mol. The number of nitrogens with zero attached hydrogens (tertiary/aromatic N) is 2. The molecule has 1 unspecified atom stereocenters. The fourth-order valence-corrected chi connectivity index (χ4v) is 1.62. The monoisotopic (exact) mass is 199 g/mol. The van der Waals surface area contributed by atoms with Crippen LogP contribution < -0.4 is 5.73 Å². The molecule has 0 amide bonds. The van der Waals surface area contributed by atoms with E-state index in [0.29, 0.717) is 0 Å². The summed E-state index contributed by atoms with van der Waals surface area (Å²) in [5.41, 5.74) is 6.17. The number of aryl methyl sites for hydroxylation is 1. The summed E-state index contributed by atoms with van der Waals surface area (Å²) in [5.74, 6) is 0.848. The van der Waals surface area contributed by atoms with Gasteiger partial charge in [-0.3, -0.25) is 0 Å². The fraction of sp³-hybridized carbons (Fsp3) is 0.778. The lowest BCUT2D eigenvalue weighted by Crippen LogP contribution is -2.36. The van der Waals surface area contributed by atoms with Crippen molar-refractivity contribution in [3.05, 3.63) is 10.8 Å². The van der Waals surface area contributed by atoms with Crippen LogP contribution in [0.25, 0.3) is 0 Å². The number of hydrogen-bond donors (Lipinski definition) is 1. The molecule has 0 aromatic carbocycles. The first kappa shape index (κ1) is 10.6. The maximum Gasteiger partial charge on any atom is 0.139 e. The Labute approximate surface area is 83.5 Å². The Bertz CT molecular complexity index is 275. The first-order valence-corrected chi connectivity index (χ1v) is 5.21. The summed E-state index contributed by atoms with van der Waals surface area (Å²) >= 11 is 1.45. The van der Waals surface area contributed by atoms with Gasteiger partial charge in [0, 0.05) is 12.5 Å². The van der Waals surface area contributed by atoms with Crippen molar-refractivity contribution in [2.24, 2.45) is 11.1 Å². The van der Waals surface area contributed by atoms with E-state index in [2.05, 4.69) is 30.1 Å². The smallest absolute Gasteiger partial charge is 0.139 e. The van der Waals surface area contributed by atoms with Crippen molar-refractivity contribution in [1.82, 2.24) is 9.36 Å². The second-order valence-electron chi connectivity index (χ2n) is 4.41. The molecule has 0 bridgehead atoms. The van der Waals surface area contributed by atoms with Gasteiger partial charge in [0.15, 0.2) is 0 Å². The van der Waals surface area contributed by atoms with Crippen molar-refractivity contribution in [3.8, 4) is 0 Å². The van der Waals surface area contributed by atoms with Crippen LogP contribution in [-0.4, -0.2) is 15.4 Å². The zero-order valence-corrected chi connectivity index (χ0v) is 9.48. The van der Waals surface area contributed by atoms with Gasteiger partial charge < -0.3 is 5.73 Å². The SMILES string of the molecule is Cc1nsc(CC(N)C(C)(C)C)n1. The Hall–Kier alpha value is -0.480. The topological polar surface area (TPSA) is 51.8 Å². The predicted molar refractivity (Wildman–Crippen MR) is 55.8 cm³/mol. The molecule has 4 heteroatoms. The fourth-order valence-electron chi connectivity index (χ4n) is 0.917. The first-order chi connectivity index (χ1) is 5.89. The van der Waals surface area contributed by atoms with Gasteiger partial charge in [0.1, 0.15) is 10.8 Å². The molecule has 1 aromatic heterocycles. The normalized spacial score (nSPS) is 14.5. The number of nitrogens with two attached hydrogens (primary N) is 1. The van der Waals surface area contributed by atoms with E-state index in [1.165, 1.54) is 11.5 Å². The van der Waals surface area contributed by atoms with Crippen LogP contribution in [0.15, 0.2) is 0 Å². The third-order valence-electron chi connectivity index (χ3n) is 2.08. The molecule has 3 nitrogen and oxygen atoms in total. The first-order valence-electron chi connectivity index (χ1n) is 4.44. The summed E-state index contributed by atoms with van der Waals surface area (Å²) in [6.07, 6.45) is 0.828. The van der Waals surface area contributed by atoms with E-state index in [9.17, 15) is 0 Å². The summed E-state index contributed by atoms with van der Waals surface area (Å²) in [6, 6.07) is 0.153.